The Balaban J connectivity index is 1.33. The Bertz CT molecular complexity index is 1340. The van der Waals surface area contributed by atoms with Crippen LogP contribution in [0.5, 0.6) is 0 Å². The number of hydrogen-bond donors (Lipinski definition) is 0. The van der Waals surface area contributed by atoms with Gasteiger partial charge in [0.1, 0.15) is 0 Å². The van der Waals surface area contributed by atoms with Crippen LogP contribution in [0.3, 0.4) is 0 Å². The third-order valence-electron chi connectivity index (χ3n) is 7.59. The summed E-state index contributed by atoms with van der Waals surface area (Å²) < 4.78 is 2.00. The van der Waals surface area contributed by atoms with E-state index in [4.69, 9.17) is 16.7 Å². The lowest BCUT2D eigenvalue weighted by Gasteiger charge is -2.37. The van der Waals surface area contributed by atoms with Crippen molar-refractivity contribution >= 4 is 23.2 Å². The van der Waals surface area contributed by atoms with E-state index >= 15 is 0 Å². The van der Waals surface area contributed by atoms with Crippen LogP contribution in [0.25, 0.3) is 21.7 Å². The lowest BCUT2D eigenvalue weighted by atomic mass is 10.0. The summed E-state index contributed by atoms with van der Waals surface area (Å²) in [6.07, 6.45) is 0.716. The van der Waals surface area contributed by atoms with Gasteiger partial charge in [0.25, 0.3) is 0 Å². The first kappa shape index (κ1) is 26.1. The molecule has 2 aliphatic rings. The lowest BCUT2D eigenvalue weighted by molar-refractivity contribution is -0.129. The number of aryl methyl sites for hydroxylation is 1. The van der Waals surface area contributed by atoms with Crippen LogP contribution < -0.4 is 4.90 Å². The average Bonchev–Trinajstić information content (AvgIpc) is 3.27. The Hall–Kier alpha value is -3.52. The SMILES string of the molecule is CC(=O)N1CCc2c(c(-c3ccc(Cl)cc3)nn2CC(CN2CCN(c3ccccc3C)CC2)N=[N+]=[N-])C1. The largest absolute Gasteiger partial charge is 0.369 e. The van der Waals surface area contributed by atoms with Crippen LogP contribution in [0.4, 0.5) is 5.69 Å². The number of nitrogens with zero attached hydrogens (tertiary/aromatic N) is 8. The Morgan fingerprint density at radius 2 is 1.82 bits per heavy atom. The van der Waals surface area contributed by atoms with E-state index in [1.54, 1.807) is 6.92 Å². The fourth-order valence-electron chi connectivity index (χ4n) is 5.54. The number of benzene rings is 2. The fraction of sp³-hybridized carbons (Fsp3) is 0.429. The molecule has 0 bridgehead atoms. The van der Waals surface area contributed by atoms with Gasteiger partial charge in [0.2, 0.25) is 5.91 Å². The van der Waals surface area contributed by atoms with Crippen LogP contribution in [0, 0.1) is 6.92 Å². The molecule has 2 aliphatic heterocycles. The van der Waals surface area contributed by atoms with Crippen molar-refractivity contribution in [3.05, 3.63) is 80.8 Å². The number of amides is 1. The van der Waals surface area contributed by atoms with Crippen LogP contribution >= 0.6 is 11.6 Å². The first-order valence-corrected chi connectivity index (χ1v) is 13.5. The minimum absolute atomic E-state index is 0.0576. The monoisotopic (exact) mass is 532 g/mol. The number of para-hydroxylation sites is 1. The van der Waals surface area contributed by atoms with Crippen LogP contribution in [0.2, 0.25) is 5.02 Å². The molecule has 9 nitrogen and oxygen atoms in total. The Morgan fingerprint density at radius 1 is 1.08 bits per heavy atom. The van der Waals surface area contributed by atoms with Crippen molar-refractivity contribution in [1.29, 1.82) is 0 Å². The standard InChI is InChI=1S/C28H33ClN8O/c1-20-5-3-4-6-26(20)35-15-13-34(14-16-35)17-24(31-33-30)18-37-27-11-12-36(21(2)38)19-25(27)28(32-37)22-7-9-23(29)10-8-22/h3-10,24H,11-19H2,1-2H3. The quantitative estimate of drug-likeness (QED) is 0.245. The Morgan fingerprint density at radius 3 is 2.50 bits per heavy atom. The molecule has 1 fully saturated rings. The molecular weight excluding hydrogens is 500 g/mol. The topological polar surface area (TPSA) is 93.4 Å². The highest BCUT2D eigenvalue weighted by molar-refractivity contribution is 6.30. The van der Waals surface area contributed by atoms with E-state index in [0.29, 0.717) is 37.6 Å². The van der Waals surface area contributed by atoms with Crippen molar-refractivity contribution in [3.63, 3.8) is 0 Å². The van der Waals surface area contributed by atoms with Gasteiger partial charge in [-0.15, -0.1) is 0 Å². The summed E-state index contributed by atoms with van der Waals surface area (Å²) in [6, 6.07) is 15.9. The smallest absolute Gasteiger partial charge is 0.219 e. The van der Waals surface area contributed by atoms with Crippen molar-refractivity contribution in [3.8, 4) is 11.3 Å². The molecule has 2 aromatic carbocycles. The average molecular weight is 533 g/mol. The van der Waals surface area contributed by atoms with E-state index in [0.717, 1.165) is 48.7 Å². The maximum Gasteiger partial charge on any atom is 0.219 e. The predicted molar refractivity (Wildman–Crippen MR) is 150 cm³/mol. The molecule has 1 saturated heterocycles. The number of hydrogen-bond acceptors (Lipinski definition) is 5. The second-order valence-electron chi connectivity index (χ2n) is 10.1. The van der Waals surface area contributed by atoms with Gasteiger partial charge in [-0.2, -0.15) is 5.10 Å². The van der Waals surface area contributed by atoms with E-state index in [1.165, 1.54) is 11.3 Å². The number of carbonyl (C=O) groups is 1. The lowest BCUT2D eigenvalue weighted by Crippen LogP contribution is -2.49. The molecule has 198 valence electrons. The number of aromatic nitrogens is 2. The van der Waals surface area contributed by atoms with Crippen molar-refractivity contribution in [1.82, 2.24) is 19.6 Å². The normalized spacial score (nSPS) is 16.6. The second kappa shape index (κ2) is 11.5. The van der Waals surface area contributed by atoms with Crippen LogP contribution in [-0.2, 0) is 24.3 Å². The van der Waals surface area contributed by atoms with E-state index in [9.17, 15) is 10.3 Å². The number of fused-ring (bicyclic) bond motifs is 1. The summed E-state index contributed by atoms with van der Waals surface area (Å²) in [5.74, 6) is 0.0576. The number of piperazine rings is 1. The molecule has 0 saturated carbocycles. The molecular formula is C28H33ClN8O. The fourth-order valence-corrected chi connectivity index (χ4v) is 5.67. The molecule has 3 aromatic rings. The van der Waals surface area contributed by atoms with Crippen LogP contribution in [0.15, 0.2) is 53.6 Å². The molecule has 0 aliphatic carbocycles. The van der Waals surface area contributed by atoms with Gasteiger partial charge in [-0.3, -0.25) is 14.4 Å². The highest BCUT2D eigenvalue weighted by atomic mass is 35.5. The molecule has 1 aromatic heterocycles. The minimum atomic E-state index is -0.252. The molecule has 5 rings (SSSR count). The second-order valence-corrected chi connectivity index (χ2v) is 10.5. The molecule has 10 heteroatoms. The minimum Gasteiger partial charge on any atom is -0.369 e. The van der Waals surface area contributed by atoms with Gasteiger partial charge in [-0.1, -0.05) is 47.0 Å². The number of halogens is 1. The van der Waals surface area contributed by atoms with Crippen LogP contribution in [-0.4, -0.2) is 70.8 Å². The third-order valence-corrected chi connectivity index (χ3v) is 7.84. The van der Waals surface area contributed by atoms with Gasteiger partial charge in [-0.05, 0) is 36.2 Å². The number of azide groups is 1. The summed E-state index contributed by atoms with van der Waals surface area (Å²) in [5.41, 5.74) is 15.9. The molecule has 0 spiro atoms. The summed E-state index contributed by atoms with van der Waals surface area (Å²) in [6.45, 7) is 9.80. The van der Waals surface area contributed by atoms with Gasteiger partial charge < -0.3 is 9.80 Å². The predicted octanol–water partition coefficient (Wildman–Crippen LogP) is 4.92. The van der Waals surface area contributed by atoms with Crippen molar-refractivity contribution in [2.24, 2.45) is 5.11 Å². The Kier molecular flexibility index (Phi) is 7.88. The highest BCUT2D eigenvalue weighted by Gasteiger charge is 2.28. The van der Waals surface area contributed by atoms with Gasteiger partial charge in [0.05, 0.1) is 18.3 Å². The van der Waals surface area contributed by atoms with Gasteiger partial charge in [0.15, 0.2) is 0 Å². The van der Waals surface area contributed by atoms with Gasteiger partial charge in [-0.25, -0.2) is 0 Å². The van der Waals surface area contributed by atoms with E-state index < -0.39 is 0 Å². The van der Waals surface area contributed by atoms with Crippen LogP contribution in [0.1, 0.15) is 23.7 Å². The van der Waals surface area contributed by atoms with Crippen molar-refractivity contribution < 1.29 is 4.79 Å². The highest BCUT2D eigenvalue weighted by Crippen LogP contribution is 2.31. The maximum absolute atomic E-state index is 12.1. The van der Waals surface area contributed by atoms with Crippen molar-refractivity contribution in [2.75, 3.05) is 44.2 Å². The molecule has 3 heterocycles. The third kappa shape index (κ3) is 5.65. The Labute approximate surface area is 228 Å². The number of carbonyl (C=O) groups excluding carboxylic acids is 1. The van der Waals surface area contributed by atoms with E-state index in [2.05, 4.69) is 51.0 Å². The van der Waals surface area contributed by atoms with E-state index in [1.807, 2.05) is 33.8 Å². The van der Waals surface area contributed by atoms with E-state index in [-0.39, 0.29) is 11.9 Å². The van der Waals surface area contributed by atoms with Crippen molar-refractivity contribution in [2.45, 2.75) is 39.4 Å². The first-order chi connectivity index (χ1) is 18.4. The summed E-state index contributed by atoms with van der Waals surface area (Å²) in [5, 5.41) is 9.83. The molecule has 0 N–H and O–H groups in total. The zero-order chi connectivity index (χ0) is 26.6. The van der Waals surface area contributed by atoms with Gasteiger partial charge in [0, 0.05) is 91.6 Å². The summed E-state index contributed by atoms with van der Waals surface area (Å²) in [4.78, 5) is 22.0. The molecule has 0 radical (unpaired) electrons. The zero-order valence-electron chi connectivity index (χ0n) is 21.9. The number of rotatable bonds is 7. The maximum atomic E-state index is 12.1. The number of anilines is 1. The molecule has 1 amide bonds. The molecule has 38 heavy (non-hydrogen) atoms. The summed E-state index contributed by atoms with van der Waals surface area (Å²) in [7, 11) is 0. The molecule has 1 unspecified atom stereocenters. The zero-order valence-corrected chi connectivity index (χ0v) is 22.7. The summed E-state index contributed by atoms with van der Waals surface area (Å²) >= 11 is 6.13. The first-order valence-electron chi connectivity index (χ1n) is 13.1. The molecule has 1 atom stereocenters. The van der Waals surface area contributed by atoms with Gasteiger partial charge >= 0.3 is 0 Å².